The summed E-state index contributed by atoms with van der Waals surface area (Å²) < 4.78 is 12.5. The lowest BCUT2D eigenvalue weighted by Gasteiger charge is -2.39. The van der Waals surface area contributed by atoms with Crippen molar-refractivity contribution in [1.29, 1.82) is 0 Å². The number of allylic oxidation sites excluding steroid dienone is 1. The van der Waals surface area contributed by atoms with Crippen LogP contribution in [0.25, 0.3) is 0 Å². The predicted molar refractivity (Wildman–Crippen MR) is 146 cm³/mol. The number of carbonyl (C=O) groups is 3. The molecule has 1 N–H and O–H groups in total. The van der Waals surface area contributed by atoms with Gasteiger partial charge in [-0.15, -0.1) is 13.2 Å². The Hall–Kier alpha value is -2.19. The normalized spacial score (nSPS) is 32.2. The highest BCUT2D eigenvalue weighted by Crippen LogP contribution is 2.65. The average molecular weight is 533 g/mol. The van der Waals surface area contributed by atoms with Crippen molar-refractivity contribution in [2.24, 2.45) is 17.8 Å². The first-order chi connectivity index (χ1) is 18.1. The number of esters is 1. The summed E-state index contributed by atoms with van der Waals surface area (Å²) in [6.45, 7) is 16.8. The van der Waals surface area contributed by atoms with E-state index in [0.717, 1.165) is 25.7 Å². The van der Waals surface area contributed by atoms with Crippen LogP contribution in [0.5, 0.6) is 0 Å². The lowest BCUT2D eigenvalue weighted by Crippen LogP contribution is -2.58. The third kappa shape index (κ3) is 5.31. The Balaban J connectivity index is 2.01. The van der Waals surface area contributed by atoms with Gasteiger partial charge in [0.1, 0.15) is 17.6 Å². The number of amides is 2. The lowest BCUT2D eigenvalue weighted by atomic mass is 9.62. The van der Waals surface area contributed by atoms with Crippen LogP contribution in [0.3, 0.4) is 0 Å². The first-order valence-electron chi connectivity index (χ1n) is 14.4. The van der Waals surface area contributed by atoms with Crippen molar-refractivity contribution >= 4 is 17.8 Å². The van der Waals surface area contributed by atoms with Gasteiger partial charge in [0.2, 0.25) is 11.8 Å². The van der Waals surface area contributed by atoms with E-state index < -0.39 is 35.0 Å². The van der Waals surface area contributed by atoms with Crippen LogP contribution in [0, 0.1) is 17.8 Å². The van der Waals surface area contributed by atoms with Crippen molar-refractivity contribution in [3.8, 4) is 0 Å². The molecule has 2 bridgehead atoms. The largest absolute Gasteiger partial charge is 0.465 e. The van der Waals surface area contributed by atoms with Crippen LogP contribution in [0.2, 0.25) is 0 Å². The predicted octanol–water partition coefficient (Wildman–Crippen LogP) is 3.87. The Morgan fingerprint density at radius 1 is 1.26 bits per heavy atom. The molecular weight excluding hydrogens is 484 g/mol. The van der Waals surface area contributed by atoms with Gasteiger partial charge in [-0.1, -0.05) is 32.4 Å². The number of unbranched alkanes of at least 4 members (excludes halogenated alkanes) is 3. The summed E-state index contributed by atoms with van der Waals surface area (Å²) in [6, 6.07) is -0.833. The molecule has 7 atom stereocenters. The van der Waals surface area contributed by atoms with E-state index >= 15 is 0 Å². The highest BCUT2D eigenvalue weighted by atomic mass is 16.6. The van der Waals surface area contributed by atoms with Gasteiger partial charge in [-0.3, -0.25) is 14.4 Å². The molecule has 4 unspecified atom stereocenters. The van der Waals surface area contributed by atoms with Gasteiger partial charge in [0, 0.05) is 25.7 Å². The van der Waals surface area contributed by atoms with Crippen molar-refractivity contribution in [2.45, 2.75) is 102 Å². The molecule has 3 saturated heterocycles. The maximum absolute atomic E-state index is 14.4. The smallest absolute Gasteiger partial charge is 0.312 e. The van der Waals surface area contributed by atoms with E-state index in [1.165, 1.54) is 0 Å². The van der Waals surface area contributed by atoms with E-state index in [0.29, 0.717) is 38.8 Å². The van der Waals surface area contributed by atoms with Gasteiger partial charge < -0.3 is 24.4 Å². The minimum absolute atomic E-state index is 0.0236. The van der Waals surface area contributed by atoms with Gasteiger partial charge in [0.05, 0.1) is 18.1 Å². The van der Waals surface area contributed by atoms with Crippen molar-refractivity contribution in [1.82, 2.24) is 9.80 Å². The molecule has 8 nitrogen and oxygen atoms in total. The van der Waals surface area contributed by atoms with Crippen molar-refractivity contribution < 1.29 is 29.0 Å². The fourth-order valence-electron chi connectivity index (χ4n) is 7.03. The summed E-state index contributed by atoms with van der Waals surface area (Å²) in [7, 11) is 0. The summed E-state index contributed by atoms with van der Waals surface area (Å²) in [4.78, 5) is 45.5. The Bertz CT molecular complexity index is 892. The van der Waals surface area contributed by atoms with Gasteiger partial charge in [0.15, 0.2) is 0 Å². The van der Waals surface area contributed by atoms with E-state index in [1.807, 2.05) is 25.7 Å². The van der Waals surface area contributed by atoms with Crippen molar-refractivity contribution in [3.05, 3.63) is 25.3 Å². The van der Waals surface area contributed by atoms with Crippen molar-refractivity contribution in [2.75, 3.05) is 26.3 Å². The molecule has 0 aliphatic carbocycles. The molecule has 0 aromatic rings. The number of aliphatic hydroxyl groups is 1. The number of hydrogen-bond acceptors (Lipinski definition) is 6. The molecule has 2 amide bonds. The van der Waals surface area contributed by atoms with Gasteiger partial charge >= 0.3 is 5.97 Å². The molecule has 3 fully saturated rings. The van der Waals surface area contributed by atoms with E-state index in [2.05, 4.69) is 20.1 Å². The van der Waals surface area contributed by atoms with Gasteiger partial charge in [0.25, 0.3) is 0 Å². The van der Waals surface area contributed by atoms with Crippen LogP contribution in [-0.2, 0) is 23.9 Å². The number of aliphatic hydroxyl groups excluding tert-OH is 1. The lowest BCUT2D eigenvalue weighted by molar-refractivity contribution is -0.162. The zero-order chi connectivity index (χ0) is 28.1. The summed E-state index contributed by atoms with van der Waals surface area (Å²) in [5.41, 5.74) is -1.95. The first-order valence-corrected chi connectivity index (χ1v) is 14.4. The third-order valence-corrected chi connectivity index (χ3v) is 9.00. The average Bonchev–Trinajstić information content (AvgIpc) is 3.39. The molecule has 0 aromatic heterocycles. The van der Waals surface area contributed by atoms with Crippen molar-refractivity contribution in [3.63, 3.8) is 0 Å². The minimum atomic E-state index is -1.07. The highest BCUT2D eigenvalue weighted by Gasteiger charge is 2.80. The monoisotopic (exact) mass is 532 g/mol. The van der Waals surface area contributed by atoms with Crippen LogP contribution in [-0.4, -0.2) is 82.3 Å². The molecule has 0 radical (unpaired) electrons. The van der Waals surface area contributed by atoms with E-state index in [9.17, 15) is 19.5 Å². The molecule has 3 aliphatic heterocycles. The summed E-state index contributed by atoms with van der Waals surface area (Å²) in [6.07, 6.45) is 9.25. The molecule has 3 rings (SSSR count). The summed E-state index contributed by atoms with van der Waals surface area (Å²) in [5, 5.41) is 9.24. The molecule has 0 saturated carbocycles. The third-order valence-electron chi connectivity index (χ3n) is 9.00. The number of nitrogens with zero attached hydrogens (tertiary/aromatic N) is 2. The van der Waals surface area contributed by atoms with Crippen LogP contribution >= 0.6 is 0 Å². The fourth-order valence-corrected chi connectivity index (χ4v) is 7.03. The second kappa shape index (κ2) is 12.8. The van der Waals surface area contributed by atoms with Crippen LogP contribution in [0.15, 0.2) is 25.3 Å². The number of likely N-dealkylation sites (tertiary alicyclic amines) is 1. The number of fused-ring (bicyclic) bond motifs is 1. The Labute approximate surface area is 228 Å². The molecule has 8 heteroatoms. The second-order valence-electron chi connectivity index (χ2n) is 11.5. The topological polar surface area (TPSA) is 96.4 Å². The van der Waals surface area contributed by atoms with Gasteiger partial charge in [-0.2, -0.15) is 0 Å². The molecule has 214 valence electrons. The molecule has 3 aliphatic rings. The van der Waals surface area contributed by atoms with E-state index in [1.54, 1.807) is 17.1 Å². The first kappa shape index (κ1) is 30.4. The van der Waals surface area contributed by atoms with Crippen LogP contribution in [0.4, 0.5) is 0 Å². The van der Waals surface area contributed by atoms with Crippen LogP contribution < -0.4 is 0 Å². The Morgan fingerprint density at radius 3 is 2.63 bits per heavy atom. The number of rotatable bonds is 16. The Morgan fingerprint density at radius 2 is 2.00 bits per heavy atom. The SMILES string of the molecule is C=CCCCOC(=O)[C@H]1[C@H]2C(=O)N(CCCCCO)C(C(=O)N(CC=C)C(C)CCC)C23CC(C)[C@]1(C)O3. The fraction of sp³-hybridized carbons (Fsp3) is 0.767. The second-order valence-corrected chi connectivity index (χ2v) is 11.5. The zero-order valence-corrected chi connectivity index (χ0v) is 23.8. The minimum Gasteiger partial charge on any atom is -0.465 e. The van der Waals surface area contributed by atoms with Crippen LogP contribution in [0.1, 0.15) is 79.1 Å². The molecule has 3 heterocycles. The summed E-state index contributed by atoms with van der Waals surface area (Å²) in [5.74, 6) is -2.30. The quantitative estimate of drug-likeness (QED) is 0.184. The molecule has 1 spiro atoms. The number of carbonyl (C=O) groups excluding carboxylic acids is 3. The number of hydrogen-bond donors (Lipinski definition) is 1. The zero-order valence-electron chi connectivity index (χ0n) is 23.8. The van der Waals surface area contributed by atoms with E-state index in [4.69, 9.17) is 9.47 Å². The van der Waals surface area contributed by atoms with Gasteiger partial charge in [-0.25, -0.2) is 0 Å². The summed E-state index contributed by atoms with van der Waals surface area (Å²) >= 11 is 0. The van der Waals surface area contributed by atoms with E-state index in [-0.39, 0.29) is 37.0 Å². The maximum atomic E-state index is 14.4. The molecule has 0 aromatic carbocycles. The highest BCUT2D eigenvalue weighted by molar-refractivity contribution is 5.98. The maximum Gasteiger partial charge on any atom is 0.312 e. The molecular formula is C30H48N2O6. The standard InChI is InChI=1S/C30H48N2O6/c1-7-10-14-19-37-28(36)24-23-26(34)32(17-12-11-13-18-33)25(30(23)20-21(4)29(24,6)38-30)27(35)31(16-9-3)22(5)15-8-2/h7,9,21-25,33H,1,3,8,10-20H2,2,4-6H3/t21?,22?,23-,24+,25?,29-,30?/m0/s1. The Kier molecular flexibility index (Phi) is 10.2. The number of ether oxygens (including phenoxy) is 2. The van der Waals surface area contributed by atoms with Gasteiger partial charge in [-0.05, 0) is 64.7 Å². The molecule has 38 heavy (non-hydrogen) atoms.